The second kappa shape index (κ2) is 9.81. The number of carbonyl (C=O) groups is 2. The first-order valence-corrected chi connectivity index (χ1v) is 11.9. The summed E-state index contributed by atoms with van der Waals surface area (Å²) in [5.41, 5.74) is 3.56. The SMILES string of the molecule is Cc1cc(C(=O)N2CCC(c3ccc(NC(=O)c4cc(F)cc([N+](=O)[O-])c4)cc3)CC2)cc2cn[nH]c12. The van der Waals surface area contributed by atoms with E-state index in [2.05, 4.69) is 15.5 Å². The Bertz CT molecular complexity index is 1510. The number of piperidine rings is 1. The summed E-state index contributed by atoms with van der Waals surface area (Å²) in [7, 11) is 0. The van der Waals surface area contributed by atoms with E-state index in [4.69, 9.17) is 0 Å². The molecule has 1 aliphatic heterocycles. The van der Waals surface area contributed by atoms with Crippen LogP contribution in [0.4, 0.5) is 15.8 Å². The van der Waals surface area contributed by atoms with Gasteiger partial charge in [-0.1, -0.05) is 12.1 Å². The zero-order valence-electron chi connectivity index (χ0n) is 20.0. The van der Waals surface area contributed by atoms with Crippen molar-refractivity contribution in [1.29, 1.82) is 0 Å². The second-order valence-electron chi connectivity index (χ2n) is 9.23. The van der Waals surface area contributed by atoms with Crippen molar-refractivity contribution in [3.63, 3.8) is 0 Å². The number of aromatic nitrogens is 2. The smallest absolute Gasteiger partial charge is 0.273 e. The maximum Gasteiger partial charge on any atom is 0.273 e. The summed E-state index contributed by atoms with van der Waals surface area (Å²) < 4.78 is 13.7. The Hall–Kier alpha value is -4.60. The summed E-state index contributed by atoms with van der Waals surface area (Å²) in [5.74, 6) is -1.19. The van der Waals surface area contributed by atoms with Gasteiger partial charge in [0.25, 0.3) is 17.5 Å². The fourth-order valence-electron chi connectivity index (χ4n) is 4.81. The lowest BCUT2D eigenvalue weighted by Crippen LogP contribution is -2.37. The van der Waals surface area contributed by atoms with E-state index in [1.54, 1.807) is 18.3 Å². The number of aromatic amines is 1. The first-order valence-electron chi connectivity index (χ1n) is 11.9. The molecule has 4 aromatic rings. The zero-order chi connectivity index (χ0) is 26.1. The predicted octanol–water partition coefficient (Wildman–Crippen LogP) is 5.19. The highest BCUT2D eigenvalue weighted by Gasteiger charge is 2.25. The van der Waals surface area contributed by atoms with Gasteiger partial charge in [-0.3, -0.25) is 24.8 Å². The molecular weight excluding hydrogens is 477 g/mol. The van der Waals surface area contributed by atoms with E-state index >= 15 is 0 Å². The van der Waals surface area contributed by atoms with Gasteiger partial charge < -0.3 is 10.2 Å². The molecule has 1 fully saturated rings. The number of H-pyrrole nitrogens is 1. The number of fused-ring (bicyclic) bond motifs is 1. The number of hydrogen-bond donors (Lipinski definition) is 2. The van der Waals surface area contributed by atoms with Gasteiger partial charge in [-0.2, -0.15) is 5.10 Å². The molecular formula is C27H24FN5O4. The quantitative estimate of drug-likeness (QED) is 0.288. The normalized spacial score (nSPS) is 14.1. The highest BCUT2D eigenvalue weighted by Crippen LogP contribution is 2.30. The molecule has 3 aromatic carbocycles. The maximum atomic E-state index is 13.7. The lowest BCUT2D eigenvalue weighted by molar-refractivity contribution is -0.385. The van der Waals surface area contributed by atoms with Crippen molar-refractivity contribution in [3.8, 4) is 0 Å². The molecule has 188 valence electrons. The highest BCUT2D eigenvalue weighted by atomic mass is 19.1. The molecule has 0 atom stereocenters. The largest absolute Gasteiger partial charge is 0.339 e. The molecule has 10 heteroatoms. The fourth-order valence-corrected chi connectivity index (χ4v) is 4.81. The number of non-ortho nitro benzene ring substituents is 1. The van der Waals surface area contributed by atoms with Gasteiger partial charge in [-0.05, 0) is 67.1 Å². The molecule has 0 spiro atoms. The number of nitrogens with one attached hydrogen (secondary N) is 2. The standard InChI is InChI=1S/C27H24FN5O4/c1-16-10-20(11-21-15-29-31-25(16)21)27(35)32-8-6-18(7-9-32)17-2-4-23(5-3-17)30-26(34)19-12-22(28)14-24(13-19)33(36)37/h2-5,10-15,18H,6-9H2,1H3,(H,29,31)(H,30,34). The first-order chi connectivity index (χ1) is 17.8. The number of benzene rings is 3. The number of aryl methyl sites for hydroxylation is 1. The minimum atomic E-state index is -0.850. The lowest BCUT2D eigenvalue weighted by atomic mass is 9.89. The molecule has 37 heavy (non-hydrogen) atoms. The molecule has 0 bridgehead atoms. The van der Waals surface area contributed by atoms with E-state index < -0.39 is 22.3 Å². The third-order valence-corrected chi connectivity index (χ3v) is 6.77. The topological polar surface area (TPSA) is 121 Å². The van der Waals surface area contributed by atoms with Crippen LogP contribution in [0.2, 0.25) is 0 Å². The van der Waals surface area contributed by atoms with Crippen molar-refractivity contribution >= 4 is 34.1 Å². The van der Waals surface area contributed by atoms with Crippen LogP contribution in [-0.4, -0.2) is 44.9 Å². The highest BCUT2D eigenvalue weighted by molar-refractivity contribution is 6.04. The number of nitro groups is 1. The Morgan fingerprint density at radius 3 is 2.51 bits per heavy atom. The average Bonchev–Trinajstić information content (AvgIpc) is 3.38. The molecule has 5 rings (SSSR count). The fraction of sp³-hybridized carbons (Fsp3) is 0.222. The van der Waals surface area contributed by atoms with E-state index in [0.29, 0.717) is 24.3 Å². The second-order valence-corrected chi connectivity index (χ2v) is 9.23. The Labute approximate surface area is 211 Å². The van der Waals surface area contributed by atoms with Gasteiger partial charge in [-0.25, -0.2) is 4.39 Å². The van der Waals surface area contributed by atoms with Gasteiger partial charge in [0.1, 0.15) is 5.82 Å². The number of nitro benzene ring substituents is 1. The molecule has 0 unspecified atom stereocenters. The van der Waals surface area contributed by atoms with Gasteiger partial charge in [-0.15, -0.1) is 0 Å². The molecule has 1 aliphatic rings. The van der Waals surface area contributed by atoms with Crippen LogP contribution >= 0.6 is 0 Å². The van der Waals surface area contributed by atoms with Crippen molar-refractivity contribution in [2.75, 3.05) is 18.4 Å². The summed E-state index contributed by atoms with van der Waals surface area (Å²) in [4.78, 5) is 37.7. The van der Waals surface area contributed by atoms with Gasteiger partial charge in [0.15, 0.2) is 0 Å². The number of halogens is 1. The molecule has 2 amide bonds. The van der Waals surface area contributed by atoms with Crippen molar-refractivity contribution in [3.05, 3.63) is 99.0 Å². The Balaban J connectivity index is 1.20. The van der Waals surface area contributed by atoms with Gasteiger partial charge in [0.2, 0.25) is 0 Å². The number of hydrogen-bond acceptors (Lipinski definition) is 5. The van der Waals surface area contributed by atoms with E-state index in [9.17, 15) is 24.1 Å². The van der Waals surface area contributed by atoms with E-state index in [-0.39, 0.29) is 17.4 Å². The molecule has 0 aliphatic carbocycles. The van der Waals surface area contributed by atoms with Crippen LogP contribution in [0, 0.1) is 22.9 Å². The number of amides is 2. The Kier molecular flexibility index (Phi) is 6.39. The van der Waals surface area contributed by atoms with Crippen molar-refractivity contribution in [2.45, 2.75) is 25.7 Å². The predicted molar refractivity (Wildman–Crippen MR) is 136 cm³/mol. The minimum absolute atomic E-state index is 0.0142. The molecule has 2 heterocycles. The Morgan fingerprint density at radius 2 is 1.81 bits per heavy atom. The third-order valence-electron chi connectivity index (χ3n) is 6.77. The van der Waals surface area contributed by atoms with Crippen LogP contribution in [0.15, 0.2) is 60.8 Å². The number of likely N-dealkylation sites (tertiary alicyclic amines) is 1. The molecule has 0 radical (unpaired) electrons. The van der Waals surface area contributed by atoms with E-state index in [0.717, 1.165) is 53.1 Å². The van der Waals surface area contributed by atoms with Crippen molar-refractivity contribution in [2.24, 2.45) is 0 Å². The molecule has 9 nitrogen and oxygen atoms in total. The molecule has 1 aromatic heterocycles. The van der Waals surface area contributed by atoms with Gasteiger partial charge in [0, 0.05) is 41.4 Å². The maximum absolute atomic E-state index is 13.7. The Morgan fingerprint density at radius 1 is 1.08 bits per heavy atom. The molecule has 0 saturated carbocycles. The number of nitrogens with zero attached hydrogens (tertiary/aromatic N) is 3. The third kappa shape index (κ3) is 5.04. The summed E-state index contributed by atoms with van der Waals surface area (Å²) in [6.45, 7) is 3.24. The van der Waals surface area contributed by atoms with E-state index in [1.165, 1.54) is 0 Å². The molecule has 2 N–H and O–H groups in total. The summed E-state index contributed by atoms with van der Waals surface area (Å²) in [5, 5.41) is 21.5. The lowest BCUT2D eigenvalue weighted by Gasteiger charge is -2.32. The van der Waals surface area contributed by atoms with Crippen LogP contribution in [0.25, 0.3) is 10.9 Å². The summed E-state index contributed by atoms with van der Waals surface area (Å²) in [6, 6.07) is 13.9. The zero-order valence-corrected chi connectivity index (χ0v) is 20.0. The monoisotopic (exact) mass is 501 g/mol. The van der Waals surface area contributed by atoms with Crippen LogP contribution in [-0.2, 0) is 0 Å². The average molecular weight is 502 g/mol. The summed E-state index contributed by atoms with van der Waals surface area (Å²) >= 11 is 0. The minimum Gasteiger partial charge on any atom is -0.339 e. The van der Waals surface area contributed by atoms with Crippen molar-refractivity contribution < 1.29 is 18.9 Å². The number of carbonyl (C=O) groups excluding carboxylic acids is 2. The first kappa shape index (κ1) is 24.1. The summed E-state index contributed by atoms with van der Waals surface area (Å²) in [6.07, 6.45) is 3.36. The van der Waals surface area contributed by atoms with Crippen LogP contribution in [0.3, 0.4) is 0 Å². The number of rotatable bonds is 5. The molecule has 1 saturated heterocycles. The number of anilines is 1. The van der Waals surface area contributed by atoms with Crippen LogP contribution in [0.1, 0.15) is 50.6 Å². The van der Waals surface area contributed by atoms with Gasteiger partial charge in [0.05, 0.1) is 22.7 Å². The van der Waals surface area contributed by atoms with Gasteiger partial charge >= 0.3 is 0 Å². The van der Waals surface area contributed by atoms with E-state index in [1.807, 2.05) is 36.1 Å². The van der Waals surface area contributed by atoms with Crippen LogP contribution < -0.4 is 5.32 Å². The van der Waals surface area contributed by atoms with Crippen molar-refractivity contribution in [1.82, 2.24) is 15.1 Å². The van der Waals surface area contributed by atoms with Crippen LogP contribution in [0.5, 0.6) is 0 Å².